The van der Waals surface area contributed by atoms with E-state index in [0.717, 1.165) is 5.56 Å². The van der Waals surface area contributed by atoms with Crippen LogP contribution in [0.1, 0.15) is 28.8 Å². The van der Waals surface area contributed by atoms with Crippen molar-refractivity contribution in [3.63, 3.8) is 0 Å². The number of rotatable bonds is 4. The molecular weight excluding hydrogens is 321 g/mol. The van der Waals surface area contributed by atoms with Crippen LogP contribution in [0.2, 0.25) is 0 Å². The number of pyridine rings is 1. The molecule has 6 heteroatoms. The molecule has 2 heterocycles. The Hall–Kier alpha value is -2.76. The number of halogens is 1. The zero-order chi connectivity index (χ0) is 17.6. The highest BCUT2D eigenvalue weighted by molar-refractivity contribution is 5.94. The SMILES string of the molecule is O=C(NCc1ccncc1)C1CCN(C(=O)c2cccc(F)c2)CC1. The Kier molecular flexibility index (Phi) is 5.38. The van der Waals surface area contributed by atoms with E-state index in [1.54, 1.807) is 23.4 Å². The molecule has 1 aliphatic rings. The van der Waals surface area contributed by atoms with Crippen LogP contribution in [0.15, 0.2) is 48.8 Å². The highest BCUT2D eigenvalue weighted by atomic mass is 19.1. The summed E-state index contributed by atoms with van der Waals surface area (Å²) in [6, 6.07) is 9.42. The minimum absolute atomic E-state index is 0.00895. The van der Waals surface area contributed by atoms with Crippen LogP contribution in [-0.4, -0.2) is 34.8 Å². The van der Waals surface area contributed by atoms with Gasteiger partial charge in [0.05, 0.1) is 0 Å². The molecule has 1 saturated heterocycles. The molecule has 1 aromatic heterocycles. The van der Waals surface area contributed by atoms with Crippen LogP contribution < -0.4 is 5.32 Å². The fourth-order valence-electron chi connectivity index (χ4n) is 2.98. The van der Waals surface area contributed by atoms with Gasteiger partial charge in [0.25, 0.3) is 5.91 Å². The number of hydrogen-bond acceptors (Lipinski definition) is 3. The summed E-state index contributed by atoms with van der Waals surface area (Å²) in [5.74, 6) is -0.695. The highest BCUT2D eigenvalue weighted by Gasteiger charge is 2.27. The average molecular weight is 341 g/mol. The number of hydrogen-bond donors (Lipinski definition) is 1. The van der Waals surface area contributed by atoms with E-state index in [9.17, 15) is 14.0 Å². The second kappa shape index (κ2) is 7.88. The first-order valence-corrected chi connectivity index (χ1v) is 8.35. The lowest BCUT2D eigenvalue weighted by Gasteiger charge is -2.31. The molecule has 1 N–H and O–H groups in total. The Labute approximate surface area is 145 Å². The molecule has 0 radical (unpaired) electrons. The Morgan fingerprint density at radius 3 is 2.56 bits per heavy atom. The molecule has 0 unspecified atom stereocenters. The lowest BCUT2D eigenvalue weighted by Crippen LogP contribution is -2.42. The molecule has 3 rings (SSSR count). The zero-order valence-electron chi connectivity index (χ0n) is 13.8. The predicted octanol–water partition coefficient (Wildman–Crippen LogP) is 2.39. The maximum absolute atomic E-state index is 13.3. The van der Waals surface area contributed by atoms with E-state index < -0.39 is 5.82 Å². The highest BCUT2D eigenvalue weighted by Crippen LogP contribution is 2.19. The largest absolute Gasteiger partial charge is 0.352 e. The maximum atomic E-state index is 13.3. The van der Waals surface area contributed by atoms with Crippen LogP contribution in [0.3, 0.4) is 0 Å². The number of carbonyl (C=O) groups excluding carboxylic acids is 2. The first-order chi connectivity index (χ1) is 12.1. The van der Waals surface area contributed by atoms with Gasteiger partial charge in [-0.05, 0) is 48.7 Å². The van der Waals surface area contributed by atoms with Gasteiger partial charge in [-0.25, -0.2) is 4.39 Å². The molecule has 1 fully saturated rings. The van der Waals surface area contributed by atoms with Crippen molar-refractivity contribution in [2.24, 2.45) is 5.92 Å². The van der Waals surface area contributed by atoms with E-state index in [1.165, 1.54) is 18.2 Å². The second-order valence-corrected chi connectivity index (χ2v) is 6.15. The third-order valence-corrected chi connectivity index (χ3v) is 4.44. The van der Waals surface area contributed by atoms with Gasteiger partial charge in [0, 0.05) is 43.5 Å². The van der Waals surface area contributed by atoms with Gasteiger partial charge in [-0.1, -0.05) is 6.07 Å². The Balaban J connectivity index is 1.49. The summed E-state index contributed by atoms with van der Waals surface area (Å²) in [7, 11) is 0. The summed E-state index contributed by atoms with van der Waals surface area (Å²) in [5, 5.41) is 2.93. The number of piperidine rings is 1. The third-order valence-electron chi connectivity index (χ3n) is 4.44. The summed E-state index contributed by atoms with van der Waals surface area (Å²) in [6.07, 6.45) is 4.61. The number of nitrogens with zero attached hydrogens (tertiary/aromatic N) is 2. The standard InChI is InChI=1S/C19H20FN3O2/c20-17-3-1-2-16(12-17)19(25)23-10-6-15(7-11-23)18(24)22-13-14-4-8-21-9-5-14/h1-5,8-9,12,15H,6-7,10-11,13H2,(H,22,24). The van der Waals surface area contributed by atoms with Crippen molar-refractivity contribution in [1.82, 2.24) is 15.2 Å². The van der Waals surface area contributed by atoms with Gasteiger partial charge < -0.3 is 10.2 Å². The Morgan fingerprint density at radius 1 is 1.16 bits per heavy atom. The number of nitrogens with one attached hydrogen (secondary N) is 1. The molecule has 2 amide bonds. The molecule has 25 heavy (non-hydrogen) atoms. The van der Waals surface area contributed by atoms with Crippen LogP contribution >= 0.6 is 0 Å². The van der Waals surface area contributed by atoms with Gasteiger partial charge in [0.15, 0.2) is 0 Å². The minimum atomic E-state index is -0.420. The summed E-state index contributed by atoms with van der Waals surface area (Å²) < 4.78 is 13.3. The molecule has 0 saturated carbocycles. The topological polar surface area (TPSA) is 62.3 Å². The second-order valence-electron chi connectivity index (χ2n) is 6.15. The zero-order valence-corrected chi connectivity index (χ0v) is 13.8. The summed E-state index contributed by atoms with van der Waals surface area (Å²) >= 11 is 0. The van der Waals surface area contributed by atoms with Gasteiger partial charge in [0.1, 0.15) is 5.82 Å². The molecule has 1 aromatic carbocycles. The van der Waals surface area contributed by atoms with E-state index in [1.807, 2.05) is 12.1 Å². The van der Waals surface area contributed by atoms with Crippen molar-refractivity contribution < 1.29 is 14.0 Å². The maximum Gasteiger partial charge on any atom is 0.253 e. The number of likely N-dealkylation sites (tertiary alicyclic amines) is 1. The molecule has 2 aromatic rings. The van der Waals surface area contributed by atoms with Crippen molar-refractivity contribution in [2.45, 2.75) is 19.4 Å². The van der Waals surface area contributed by atoms with Gasteiger partial charge in [-0.15, -0.1) is 0 Å². The average Bonchev–Trinajstić information content (AvgIpc) is 2.66. The van der Waals surface area contributed by atoms with Crippen molar-refractivity contribution >= 4 is 11.8 Å². The number of benzene rings is 1. The van der Waals surface area contributed by atoms with E-state index >= 15 is 0 Å². The van der Waals surface area contributed by atoms with Crippen LogP contribution in [0.4, 0.5) is 4.39 Å². The molecule has 0 atom stereocenters. The molecule has 5 nitrogen and oxygen atoms in total. The Morgan fingerprint density at radius 2 is 1.88 bits per heavy atom. The molecule has 0 spiro atoms. The van der Waals surface area contributed by atoms with Crippen LogP contribution in [0.5, 0.6) is 0 Å². The van der Waals surface area contributed by atoms with E-state index in [0.29, 0.717) is 38.0 Å². The first-order valence-electron chi connectivity index (χ1n) is 8.35. The lowest BCUT2D eigenvalue weighted by molar-refractivity contribution is -0.126. The Bertz CT molecular complexity index is 743. The van der Waals surface area contributed by atoms with Crippen LogP contribution in [0.25, 0.3) is 0 Å². The van der Waals surface area contributed by atoms with Crippen molar-refractivity contribution in [3.8, 4) is 0 Å². The van der Waals surface area contributed by atoms with Crippen molar-refractivity contribution in [3.05, 3.63) is 65.7 Å². The summed E-state index contributed by atoms with van der Waals surface area (Å²) in [4.78, 5) is 30.3. The number of amides is 2. The van der Waals surface area contributed by atoms with Gasteiger partial charge in [-0.3, -0.25) is 14.6 Å². The molecule has 0 aliphatic carbocycles. The van der Waals surface area contributed by atoms with Crippen LogP contribution in [-0.2, 0) is 11.3 Å². The molecule has 0 bridgehead atoms. The van der Waals surface area contributed by atoms with Crippen molar-refractivity contribution in [1.29, 1.82) is 0 Å². The van der Waals surface area contributed by atoms with Gasteiger partial charge >= 0.3 is 0 Å². The van der Waals surface area contributed by atoms with Crippen molar-refractivity contribution in [2.75, 3.05) is 13.1 Å². The summed E-state index contributed by atoms with van der Waals surface area (Å²) in [6.45, 7) is 1.48. The van der Waals surface area contributed by atoms with E-state index in [-0.39, 0.29) is 17.7 Å². The molecular formula is C19H20FN3O2. The van der Waals surface area contributed by atoms with E-state index in [4.69, 9.17) is 0 Å². The minimum Gasteiger partial charge on any atom is -0.352 e. The molecule has 130 valence electrons. The monoisotopic (exact) mass is 341 g/mol. The normalized spacial score (nSPS) is 15.0. The van der Waals surface area contributed by atoms with Crippen LogP contribution in [0, 0.1) is 11.7 Å². The lowest BCUT2D eigenvalue weighted by atomic mass is 9.95. The van der Waals surface area contributed by atoms with Gasteiger partial charge in [-0.2, -0.15) is 0 Å². The molecule has 1 aliphatic heterocycles. The smallest absolute Gasteiger partial charge is 0.253 e. The quantitative estimate of drug-likeness (QED) is 0.929. The fraction of sp³-hybridized carbons (Fsp3) is 0.316. The number of carbonyl (C=O) groups is 2. The number of aromatic nitrogens is 1. The predicted molar refractivity (Wildman–Crippen MR) is 91.1 cm³/mol. The van der Waals surface area contributed by atoms with Gasteiger partial charge in [0.2, 0.25) is 5.91 Å². The first kappa shape index (κ1) is 17.1. The fourth-order valence-corrected chi connectivity index (χ4v) is 2.98. The summed E-state index contributed by atoms with van der Waals surface area (Å²) in [5.41, 5.74) is 1.35. The van der Waals surface area contributed by atoms with E-state index in [2.05, 4.69) is 10.3 Å². The third kappa shape index (κ3) is 4.41.